The van der Waals surface area contributed by atoms with E-state index in [9.17, 15) is 0 Å². The number of rotatable bonds is 8. The lowest BCUT2D eigenvalue weighted by atomic mass is 9.91. The van der Waals surface area contributed by atoms with E-state index in [1.165, 1.54) is 19.0 Å². The van der Waals surface area contributed by atoms with Gasteiger partial charge in [-0.15, -0.1) is 22.7 Å². The summed E-state index contributed by atoms with van der Waals surface area (Å²) in [6.45, 7) is 30.8. The van der Waals surface area contributed by atoms with Gasteiger partial charge in [-0.3, -0.25) is 0 Å². The maximum absolute atomic E-state index is 6.61. The van der Waals surface area contributed by atoms with Crippen molar-refractivity contribution in [1.29, 1.82) is 0 Å². The van der Waals surface area contributed by atoms with Gasteiger partial charge in [0, 0.05) is 0 Å². The van der Waals surface area contributed by atoms with Gasteiger partial charge in [-0.25, -0.2) is 9.97 Å². The first kappa shape index (κ1) is 31.0. The number of aromatic nitrogens is 2. The first-order valence-corrected chi connectivity index (χ1v) is 21.4. The van der Waals surface area contributed by atoms with Crippen molar-refractivity contribution in [1.82, 2.24) is 9.97 Å². The van der Waals surface area contributed by atoms with Gasteiger partial charge in [-0.2, -0.15) is 0 Å². The zero-order valence-corrected chi connectivity index (χ0v) is 30.3. The standard InChI is InChI=1S/C30H50N2O4S2Si2/c1-17(2)39(18(3)4,19(5)6)27-31-25-23(37-27)24-26(30(35-15-16-36-30)29(25)33-13-14-34-29)32-28(38-24)40(20(7)8,21(9)10)22(11)12/h17-22H,13-16H2,1-12H3. The van der Waals surface area contributed by atoms with Crippen molar-refractivity contribution in [3.05, 3.63) is 11.4 Å². The molecular formula is C30H50N2O4S2Si2. The maximum atomic E-state index is 6.61. The first-order valence-electron chi connectivity index (χ1n) is 15.3. The number of fused-ring (bicyclic) bond motifs is 6. The molecule has 2 aromatic heterocycles. The van der Waals surface area contributed by atoms with Gasteiger partial charge in [0.25, 0.3) is 11.6 Å². The molecule has 0 radical (unpaired) electrons. The molecule has 0 atom stereocenters. The second-order valence-electron chi connectivity index (χ2n) is 13.8. The van der Waals surface area contributed by atoms with Crippen LogP contribution in [0.15, 0.2) is 0 Å². The molecule has 3 aliphatic rings. The molecule has 2 spiro atoms. The Balaban J connectivity index is 1.86. The van der Waals surface area contributed by atoms with Crippen molar-refractivity contribution < 1.29 is 18.9 Å². The molecule has 2 fully saturated rings. The third-order valence-electron chi connectivity index (χ3n) is 10.4. The fourth-order valence-electron chi connectivity index (χ4n) is 9.04. The minimum absolute atomic E-state index is 0.483. The van der Waals surface area contributed by atoms with Crippen LogP contribution in [0, 0.1) is 0 Å². The highest BCUT2D eigenvalue weighted by molar-refractivity contribution is 7.34. The van der Waals surface area contributed by atoms with E-state index in [-0.39, 0.29) is 0 Å². The van der Waals surface area contributed by atoms with Gasteiger partial charge >= 0.3 is 0 Å². The Kier molecular flexibility index (Phi) is 8.21. The Morgan fingerprint density at radius 3 is 0.975 bits per heavy atom. The molecule has 2 saturated heterocycles. The maximum Gasteiger partial charge on any atom is 0.276 e. The molecule has 6 nitrogen and oxygen atoms in total. The van der Waals surface area contributed by atoms with Crippen LogP contribution < -0.4 is 9.26 Å². The number of nitrogens with zero attached hydrogens (tertiary/aromatic N) is 2. The van der Waals surface area contributed by atoms with Gasteiger partial charge in [-0.1, -0.05) is 83.1 Å². The lowest BCUT2D eigenvalue weighted by Crippen LogP contribution is -2.57. The van der Waals surface area contributed by atoms with E-state index in [4.69, 9.17) is 28.9 Å². The number of thiazole rings is 2. The Morgan fingerprint density at radius 1 is 0.500 bits per heavy atom. The second kappa shape index (κ2) is 10.6. The average Bonchev–Trinajstić information content (AvgIpc) is 3.63. The molecule has 224 valence electrons. The van der Waals surface area contributed by atoms with E-state index >= 15 is 0 Å². The molecule has 40 heavy (non-hydrogen) atoms. The van der Waals surface area contributed by atoms with Crippen LogP contribution in [0.4, 0.5) is 0 Å². The SMILES string of the molecule is CC(C)[Si](c1nc2c(s1)-c1sc([Si](C(C)C)(C(C)C)C(C)C)nc1C1(OCCO1)C21OCCO1)(C(C)C)C(C)C. The predicted octanol–water partition coefficient (Wildman–Crippen LogP) is 7.45. The molecule has 0 N–H and O–H groups in total. The van der Waals surface area contributed by atoms with Crippen LogP contribution in [0.3, 0.4) is 0 Å². The van der Waals surface area contributed by atoms with Gasteiger partial charge in [0.2, 0.25) is 0 Å². The molecule has 0 amide bonds. The van der Waals surface area contributed by atoms with E-state index < -0.39 is 27.7 Å². The van der Waals surface area contributed by atoms with E-state index in [1.807, 2.05) is 22.7 Å². The van der Waals surface area contributed by atoms with Crippen LogP contribution in [0.25, 0.3) is 9.75 Å². The predicted molar refractivity (Wildman–Crippen MR) is 172 cm³/mol. The third kappa shape index (κ3) is 3.82. The van der Waals surface area contributed by atoms with Crippen LogP contribution in [-0.4, -0.2) is 52.5 Å². The summed E-state index contributed by atoms with van der Waals surface area (Å²) in [5, 5.41) is 0. The van der Waals surface area contributed by atoms with Gasteiger partial charge < -0.3 is 18.9 Å². The summed E-state index contributed by atoms with van der Waals surface area (Å²) in [6, 6.07) is 0. The zero-order valence-electron chi connectivity index (χ0n) is 26.6. The normalized spacial score (nSPS) is 20.4. The molecule has 0 saturated carbocycles. The molecule has 2 aliphatic heterocycles. The Bertz CT molecular complexity index is 1090. The molecule has 0 unspecified atom stereocenters. The monoisotopic (exact) mass is 622 g/mol. The summed E-state index contributed by atoms with van der Waals surface area (Å²) in [5.41, 5.74) is 5.02. The lowest BCUT2D eigenvalue weighted by molar-refractivity contribution is -0.368. The number of hydrogen-bond acceptors (Lipinski definition) is 8. The van der Waals surface area contributed by atoms with Crippen LogP contribution in [-0.2, 0) is 30.5 Å². The topological polar surface area (TPSA) is 62.7 Å². The fourth-order valence-corrected chi connectivity index (χ4v) is 28.7. The highest BCUT2D eigenvalue weighted by Crippen LogP contribution is 2.61. The third-order valence-corrected chi connectivity index (χ3v) is 28.2. The summed E-state index contributed by atoms with van der Waals surface area (Å²) in [4.78, 5) is 13.5. The van der Waals surface area contributed by atoms with E-state index in [2.05, 4.69) is 83.1 Å². The van der Waals surface area contributed by atoms with Gasteiger partial charge in [0.05, 0.1) is 45.4 Å². The Labute approximate surface area is 251 Å². The molecule has 10 heteroatoms. The largest absolute Gasteiger partial charge is 0.338 e. The molecule has 5 rings (SSSR count). The summed E-state index contributed by atoms with van der Waals surface area (Å²) >= 11 is 3.77. The summed E-state index contributed by atoms with van der Waals surface area (Å²) in [5.74, 6) is -2.45. The first-order chi connectivity index (χ1) is 18.7. The molecule has 0 bridgehead atoms. The van der Waals surface area contributed by atoms with Crippen LogP contribution in [0.2, 0.25) is 33.2 Å². The summed E-state index contributed by atoms with van der Waals surface area (Å²) < 4.78 is 29.0. The molecule has 0 aromatic carbocycles. The van der Waals surface area contributed by atoms with Crippen molar-refractivity contribution in [2.45, 2.75) is 128 Å². The smallest absolute Gasteiger partial charge is 0.276 e. The fraction of sp³-hybridized carbons (Fsp3) is 0.800. The zero-order chi connectivity index (χ0) is 29.4. The second-order valence-corrected chi connectivity index (χ2v) is 28.1. The quantitative estimate of drug-likeness (QED) is 0.285. The van der Waals surface area contributed by atoms with Crippen LogP contribution >= 0.6 is 22.7 Å². The van der Waals surface area contributed by atoms with E-state index in [0.717, 1.165) is 11.4 Å². The minimum Gasteiger partial charge on any atom is -0.338 e. The number of ether oxygens (including phenoxy) is 4. The van der Waals surface area contributed by atoms with Crippen molar-refractivity contribution >= 4 is 48.1 Å². The molecule has 2 aromatic rings. The van der Waals surface area contributed by atoms with Gasteiger partial charge in [-0.05, 0) is 33.2 Å². The Hall–Kier alpha value is -0.466. The molecule has 1 aliphatic carbocycles. The van der Waals surface area contributed by atoms with E-state index in [0.29, 0.717) is 59.7 Å². The Morgan fingerprint density at radius 2 is 0.750 bits per heavy atom. The average molecular weight is 623 g/mol. The van der Waals surface area contributed by atoms with Crippen LogP contribution in [0.5, 0.6) is 0 Å². The van der Waals surface area contributed by atoms with Crippen molar-refractivity contribution in [3.63, 3.8) is 0 Å². The highest BCUT2D eigenvalue weighted by atomic mass is 32.1. The van der Waals surface area contributed by atoms with Gasteiger partial charge in [0.15, 0.2) is 0 Å². The molecular weight excluding hydrogens is 573 g/mol. The van der Waals surface area contributed by atoms with Crippen LogP contribution in [0.1, 0.15) is 94.5 Å². The summed E-state index contributed by atoms with van der Waals surface area (Å²) in [6.07, 6.45) is 0. The van der Waals surface area contributed by atoms with Gasteiger partial charge in [0.1, 0.15) is 27.5 Å². The minimum atomic E-state index is -2.03. The lowest BCUT2D eigenvalue weighted by Gasteiger charge is -2.43. The van der Waals surface area contributed by atoms with Crippen molar-refractivity contribution in [2.75, 3.05) is 26.4 Å². The van der Waals surface area contributed by atoms with Crippen molar-refractivity contribution in [2.24, 2.45) is 0 Å². The molecule has 4 heterocycles. The highest BCUT2D eigenvalue weighted by Gasteiger charge is 2.70. The van der Waals surface area contributed by atoms with E-state index in [1.54, 1.807) is 0 Å². The number of hydrogen-bond donors (Lipinski definition) is 0. The van der Waals surface area contributed by atoms with Crippen molar-refractivity contribution in [3.8, 4) is 9.75 Å². The summed E-state index contributed by atoms with van der Waals surface area (Å²) in [7, 11) is -4.07.